The Labute approximate surface area is 184 Å². The molecule has 168 valence electrons. The van der Waals surface area contributed by atoms with E-state index in [1.807, 2.05) is 35.2 Å². The first kappa shape index (κ1) is 22.9. The number of aromatic nitrogens is 2. The molecule has 31 heavy (non-hydrogen) atoms. The van der Waals surface area contributed by atoms with Gasteiger partial charge in [0.1, 0.15) is 0 Å². The largest absolute Gasteiger partial charge is 0.341 e. The number of piperazine rings is 1. The number of amides is 2. The Bertz CT molecular complexity index is 844. The molecule has 2 aromatic rings. The molecule has 8 heteroatoms. The van der Waals surface area contributed by atoms with Gasteiger partial charge in [0.15, 0.2) is 5.82 Å². The number of carbonyl (C=O) groups excluding carboxylic acids is 2. The maximum Gasteiger partial charge on any atom is 0.227 e. The molecule has 1 aromatic heterocycles. The number of carbonyl (C=O) groups is 2. The SMILES string of the molecule is CC(C)CC(=O)N1CCN(Cc2noc(CCC(=O)N(C)Cc3ccccc3)n2)CC1. The van der Waals surface area contributed by atoms with Crippen molar-refractivity contribution in [1.29, 1.82) is 0 Å². The highest BCUT2D eigenvalue weighted by molar-refractivity contribution is 5.76. The van der Waals surface area contributed by atoms with Gasteiger partial charge >= 0.3 is 0 Å². The quantitative estimate of drug-likeness (QED) is 0.611. The Hall–Kier alpha value is -2.74. The van der Waals surface area contributed by atoms with Gasteiger partial charge in [-0.3, -0.25) is 14.5 Å². The highest BCUT2D eigenvalue weighted by Gasteiger charge is 2.23. The Morgan fingerprint density at radius 1 is 1.13 bits per heavy atom. The van der Waals surface area contributed by atoms with Crippen molar-refractivity contribution < 1.29 is 14.1 Å². The fourth-order valence-electron chi connectivity index (χ4n) is 3.64. The third-order valence-electron chi connectivity index (χ3n) is 5.42. The maximum atomic E-state index is 12.4. The van der Waals surface area contributed by atoms with Gasteiger partial charge in [-0.05, 0) is 11.5 Å². The van der Waals surface area contributed by atoms with Crippen LogP contribution in [0.3, 0.4) is 0 Å². The van der Waals surface area contributed by atoms with Crippen LogP contribution >= 0.6 is 0 Å². The van der Waals surface area contributed by atoms with E-state index in [2.05, 4.69) is 28.9 Å². The molecule has 1 saturated heterocycles. The maximum absolute atomic E-state index is 12.4. The lowest BCUT2D eigenvalue weighted by Gasteiger charge is -2.34. The smallest absolute Gasteiger partial charge is 0.227 e. The minimum atomic E-state index is 0.0470. The van der Waals surface area contributed by atoms with Crippen LogP contribution in [0.4, 0.5) is 0 Å². The van der Waals surface area contributed by atoms with Crippen molar-refractivity contribution in [3.63, 3.8) is 0 Å². The number of nitrogens with zero attached hydrogens (tertiary/aromatic N) is 5. The van der Waals surface area contributed by atoms with Crippen LogP contribution in [0.25, 0.3) is 0 Å². The summed E-state index contributed by atoms with van der Waals surface area (Å²) in [6, 6.07) is 9.92. The van der Waals surface area contributed by atoms with Crippen LogP contribution < -0.4 is 0 Å². The average Bonchev–Trinajstić information content (AvgIpc) is 3.20. The van der Waals surface area contributed by atoms with Crippen LogP contribution in [-0.4, -0.2) is 69.9 Å². The number of aryl methyl sites for hydroxylation is 1. The first-order chi connectivity index (χ1) is 14.9. The molecule has 0 aliphatic carbocycles. The molecule has 2 amide bonds. The van der Waals surface area contributed by atoms with Crippen molar-refractivity contribution in [2.45, 2.75) is 46.2 Å². The lowest BCUT2D eigenvalue weighted by atomic mass is 10.1. The molecule has 2 heterocycles. The van der Waals surface area contributed by atoms with E-state index in [0.717, 1.165) is 31.7 Å². The molecule has 0 spiro atoms. The number of hydrogen-bond acceptors (Lipinski definition) is 6. The van der Waals surface area contributed by atoms with Crippen molar-refractivity contribution in [3.8, 4) is 0 Å². The highest BCUT2D eigenvalue weighted by atomic mass is 16.5. The van der Waals surface area contributed by atoms with Crippen LogP contribution in [-0.2, 0) is 29.1 Å². The zero-order valence-corrected chi connectivity index (χ0v) is 18.8. The standard InChI is InChI=1S/C23H33N5O3/c1-18(2)15-23(30)28-13-11-27(12-14-28)17-20-24-21(31-25-20)9-10-22(29)26(3)16-19-7-5-4-6-8-19/h4-8,18H,9-17H2,1-3H3. The molecule has 0 radical (unpaired) electrons. The number of rotatable bonds is 9. The Morgan fingerprint density at radius 3 is 2.52 bits per heavy atom. The molecule has 0 unspecified atom stereocenters. The van der Waals surface area contributed by atoms with E-state index in [1.54, 1.807) is 11.9 Å². The summed E-state index contributed by atoms with van der Waals surface area (Å²) in [6.45, 7) is 8.38. The molecule has 0 N–H and O–H groups in total. The van der Waals surface area contributed by atoms with Gasteiger partial charge < -0.3 is 14.3 Å². The number of hydrogen-bond donors (Lipinski definition) is 0. The average molecular weight is 428 g/mol. The van der Waals surface area contributed by atoms with Gasteiger partial charge in [-0.15, -0.1) is 0 Å². The van der Waals surface area contributed by atoms with Crippen molar-refractivity contribution in [1.82, 2.24) is 24.8 Å². The van der Waals surface area contributed by atoms with Crippen LogP contribution in [0.5, 0.6) is 0 Å². The minimum Gasteiger partial charge on any atom is -0.341 e. The van der Waals surface area contributed by atoms with Crippen LogP contribution in [0.15, 0.2) is 34.9 Å². The summed E-state index contributed by atoms with van der Waals surface area (Å²) in [5.41, 5.74) is 1.10. The Kier molecular flexibility index (Phi) is 8.17. The van der Waals surface area contributed by atoms with Crippen molar-refractivity contribution >= 4 is 11.8 Å². The summed E-state index contributed by atoms with van der Waals surface area (Å²) >= 11 is 0. The summed E-state index contributed by atoms with van der Waals surface area (Å²) < 4.78 is 5.33. The molecule has 0 atom stereocenters. The van der Waals surface area contributed by atoms with Crippen molar-refractivity contribution in [2.75, 3.05) is 33.2 Å². The number of benzene rings is 1. The van der Waals surface area contributed by atoms with E-state index in [1.165, 1.54) is 0 Å². The topological polar surface area (TPSA) is 82.8 Å². The monoisotopic (exact) mass is 427 g/mol. The molecule has 1 aromatic carbocycles. The molecular formula is C23H33N5O3. The second-order valence-corrected chi connectivity index (χ2v) is 8.59. The van der Waals surface area contributed by atoms with E-state index in [0.29, 0.717) is 50.0 Å². The van der Waals surface area contributed by atoms with Crippen molar-refractivity contribution in [3.05, 3.63) is 47.6 Å². The first-order valence-electron chi connectivity index (χ1n) is 11.0. The predicted octanol–water partition coefficient (Wildman–Crippen LogP) is 2.35. The lowest BCUT2D eigenvalue weighted by molar-refractivity contribution is -0.134. The summed E-state index contributed by atoms with van der Waals surface area (Å²) in [5.74, 6) is 1.78. The first-order valence-corrected chi connectivity index (χ1v) is 11.0. The van der Waals surface area contributed by atoms with Crippen LogP contribution in [0.1, 0.15) is 44.0 Å². The van der Waals surface area contributed by atoms with E-state index >= 15 is 0 Å². The van der Waals surface area contributed by atoms with E-state index in [-0.39, 0.29) is 11.8 Å². The molecule has 1 aliphatic heterocycles. The van der Waals surface area contributed by atoms with Gasteiger partial charge in [-0.1, -0.05) is 49.3 Å². The molecule has 0 saturated carbocycles. The third kappa shape index (κ3) is 7.17. The molecule has 0 bridgehead atoms. The molecule has 1 aliphatic rings. The summed E-state index contributed by atoms with van der Waals surface area (Å²) in [6.07, 6.45) is 1.37. The van der Waals surface area contributed by atoms with E-state index in [4.69, 9.17) is 4.52 Å². The molecule has 1 fully saturated rings. The second-order valence-electron chi connectivity index (χ2n) is 8.59. The van der Waals surface area contributed by atoms with E-state index < -0.39 is 0 Å². The Morgan fingerprint density at radius 2 is 1.84 bits per heavy atom. The van der Waals surface area contributed by atoms with Crippen molar-refractivity contribution in [2.24, 2.45) is 5.92 Å². The molecule has 8 nitrogen and oxygen atoms in total. The third-order valence-corrected chi connectivity index (χ3v) is 5.42. The van der Waals surface area contributed by atoms with Crippen LogP contribution in [0, 0.1) is 5.92 Å². The van der Waals surface area contributed by atoms with Crippen LogP contribution in [0.2, 0.25) is 0 Å². The fourth-order valence-corrected chi connectivity index (χ4v) is 3.64. The normalized spacial score (nSPS) is 14.8. The Balaban J connectivity index is 1.39. The summed E-state index contributed by atoms with van der Waals surface area (Å²) in [4.78, 5) is 34.9. The molecular weight excluding hydrogens is 394 g/mol. The van der Waals surface area contributed by atoms with E-state index in [9.17, 15) is 9.59 Å². The predicted molar refractivity (Wildman–Crippen MR) is 117 cm³/mol. The summed E-state index contributed by atoms with van der Waals surface area (Å²) in [7, 11) is 1.81. The van der Waals surface area contributed by atoms with Gasteiger partial charge in [-0.25, -0.2) is 0 Å². The minimum absolute atomic E-state index is 0.0470. The van der Waals surface area contributed by atoms with Gasteiger partial charge in [0.05, 0.1) is 6.54 Å². The lowest BCUT2D eigenvalue weighted by Crippen LogP contribution is -2.48. The zero-order chi connectivity index (χ0) is 22.2. The van der Waals surface area contributed by atoms with Gasteiger partial charge in [0, 0.05) is 59.0 Å². The van der Waals surface area contributed by atoms with Gasteiger partial charge in [0.2, 0.25) is 17.7 Å². The zero-order valence-electron chi connectivity index (χ0n) is 18.8. The second kappa shape index (κ2) is 11.0. The fraction of sp³-hybridized carbons (Fsp3) is 0.565. The summed E-state index contributed by atoms with van der Waals surface area (Å²) in [5, 5.41) is 4.06. The van der Waals surface area contributed by atoms with Gasteiger partial charge in [0.25, 0.3) is 0 Å². The van der Waals surface area contributed by atoms with Gasteiger partial charge in [-0.2, -0.15) is 4.98 Å². The molecule has 3 rings (SSSR count). The highest BCUT2D eigenvalue weighted by Crippen LogP contribution is 2.11.